The summed E-state index contributed by atoms with van der Waals surface area (Å²) in [6.45, 7) is 0. The Morgan fingerprint density at radius 3 is 2.50 bits per heavy atom. The summed E-state index contributed by atoms with van der Waals surface area (Å²) in [5.41, 5.74) is 0.706. The van der Waals surface area contributed by atoms with Gasteiger partial charge in [-0.3, -0.25) is 0 Å². The van der Waals surface area contributed by atoms with E-state index in [-0.39, 0.29) is 6.10 Å². The van der Waals surface area contributed by atoms with Crippen LogP contribution in [0.2, 0.25) is 5.02 Å². The number of rotatable bonds is 5. The Kier molecular flexibility index (Phi) is 5.70. The molecule has 2 rings (SSSR count). The van der Waals surface area contributed by atoms with Gasteiger partial charge in [-0.05, 0) is 37.0 Å². The molecule has 3 nitrogen and oxygen atoms in total. The van der Waals surface area contributed by atoms with Gasteiger partial charge < -0.3 is 14.6 Å². The molecule has 0 heterocycles. The molecule has 20 heavy (non-hydrogen) atoms. The number of benzene rings is 1. The van der Waals surface area contributed by atoms with E-state index in [2.05, 4.69) is 0 Å². The quantitative estimate of drug-likeness (QED) is 0.893. The molecule has 2 unspecified atom stereocenters. The van der Waals surface area contributed by atoms with E-state index in [0.717, 1.165) is 12.8 Å². The largest absolute Gasteiger partial charge is 0.496 e. The Labute approximate surface area is 125 Å². The van der Waals surface area contributed by atoms with Gasteiger partial charge in [-0.2, -0.15) is 0 Å². The summed E-state index contributed by atoms with van der Waals surface area (Å²) in [5.74, 6) is 1.05. The summed E-state index contributed by atoms with van der Waals surface area (Å²) in [5, 5.41) is 11.3. The zero-order valence-electron chi connectivity index (χ0n) is 12.1. The minimum atomic E-state index is -0.711. The standard InChI is InChI=1S/C16H23ClO3/c1-19-14-9-8-12(17)10-13(14)15(18)16(20-2)11-6-4-3-5-7-11/h8-11,15-16,18H,3-7H2,1-2H3. The maximum Gasteiger partial charge on any atom is 0.124 e. The van der Waals surface area contributed by atoms with Crippen LogP contribution in [0.4, 0.5) is 0 Å². The van der Waals surface area contributed by atoms with Crippen molar-refractivity contribution >= 4 is 11.6 Å². The Balaban J connectivity index is 2.22. The van der Waals surface area contributed by atoms with Crippen molar-refractivity contribution in [2.75, 3.05) is 14.2 Å². The third-order valence-corrected chi connectivity index (χ3v) is 4.44. The summed E-state index contributed by atoms with van der Waals surface area (Å²) in [6, 6.07) is 5.31. The van der Waals surface area contributed by atoms with Gasteiger partial charge in [0.1, 0.15) is 11.9 Å². The minimum absolute atomic E-state index is 0.206. The molecule has 0 aliphatic heterocycles. The zero-order chi connectivity index (χ0) is 14.5. The molecular formula is C16H23ClO3. The molecular weight excluding hydrogens is 276 g/mol. The van der Waals surface area contributed by atoms with Crippen molar-refractivity contribution < 1.29 is 14.6 Å². The first kappa shape index (κ1) is 15.6. The number of halogens is 1. The average molecular weight is 299 g/mol. The van der Waals surface area contributed by atoms with Crippen LogP contribution in [0.1, 0.15) is 43.8 Å². The van der Waals surface area contributed by atoms with E-state index in [1.807, 2.05) is 0 Å². The second-order valence-corrected chi connectivity index (χ2v) is 5.87. The van der Waals surface area contributed by atoms with Crippen LogP contribution in [0.3, 0.4) is 0 Å². The number of ether oxygens (including phenoxy) is 2. The molecule has 112 valence electrons. The average Bonchev–Trinajstić information content (AvgIpc) is 2.49. The van der Waals surface area contributed by atoms with E-state index in [1.54, 1.807) is 32.4 Å². The fourth-order valence-electron chi connectivity index (χ4n) is 3.16. The van der Waals surface area contributed by atoms with Crippen LogP contribution in [-0.4, -0.2) is 25.4 Å². The first-order valence-corrected chi connectivity index (χ1v) is 7.59. The second-order valence-electron chi connectivity index (χ2n) is 5.43. The lowest BCUT2D eigenvalue weighted by Gasteiger charge is -2.33. The number of hydrogen-bond acceptors (Lipinski definition) is 3. The molecule has 1 saturated carbocycles. The van der Waals surface area contributed by atoms with Crippen LogP contribution in [0.25, 0.3) is 0 Å². The first-order valence-electron chi connectivity index (χ1n) is 7.21. The number of aliphatic hydroxyl groups excluding tert-OH is 1. The molecule has 1 aliphatic carbocycles. The zero-order valence-corrected chi connectivity index (χ0v) is 12.9. The maximum atomic E-state index is 10.7. The number of methoxy groups -OCH3 is 2. The summed E-state index contributed by atoms with van der Waals surface area (Å²) in [4.78, 5) is 0. The predicted molar refractivity (Wildman–Crippen MR) is 80.3 cm³/mol. The SMILES string of the molecule is COc1ccc(Cl)cc1C(O)C(OC)C1CCCCC1. The molecule has 1 aromatic carbocycles. The van der Waals surface area contributed by atoms with Crippen molar-refractivity contribution in [1.82, 2.24) is 0 Å². The van der Waals surface area contributed by atoms with Crippen LogP contribution in [0, 0.1) is 5.92 Å². The summed E-state index contributed by atoms with van der Waals surface area (Å²) in [7, 11) is 3.27. The lowest BCUT2D eigenvalue weighted by Crippen LogP contribution is -2.31. The molecule has 0 radical (unpaired) electrons. The molecule has 2 atom stereocenters. The van der Waals surface area contributed by atoms with Crippen LogP contribution in [0.15, 0.2) is 18.2 Å². The molecule has 4 heteroatoms. The van der Waals surface area contributed by atoms with Crippen molar-refractivity contribution in [3.05, 3.63) is 28.8 Å². The first-order chi connectivity index (χ1) is 9.67. The van der Waals surface area contributed by atoms with Gasteiger partial charge in [0.05, 0.1) is 13.2 Å². The molecule has 0 aromatic heterocycles. The number of hydrogen-bond donors (Lipinski definition) is 1. The topological polar surface area (TPSA) is 38.7 Å². The van der Waals surface area contributed by atoms with Gasteiger partial charge in [0, 0.05) is 17.7 Å². The lowest BCUT2D eigenvalue weighted by molar-refractivity contribution is -0.0566. The van der Waals surface area contributed by atoms with Gasteiger partial charge in [0.25, 0.3) is 0 Å². The maximum absolute atomic E-state index is 10.7. The van der Waals surface area contributed by atoms with E-state index in [9.17, 15) is 5.11 Å². The van der Waals surface area contributed by atoms with E-state index in [4.69, 9.17) is 21.1 Å². The fraction of sp³-hybridized carbons (Fsp3) is 0.625. The highest BCUT2D eigenvalue weighted by atomic mass is 35.5. The monoisotopic (exact) mass is 298 g/mol. The Morgan fingerprint density at radius 2 is 1.90 bits per heavy atom. The van der Waals surface area contributed by atoms with Gasteiger partial charge in [-0.1, -0.05) is 30.9 Å². The highest BCUT2D eigenvalue weighted by Gasteiger charge is 2.32. The van der Waals surface area contributed by atoms with E-state index in [0.29, 0.717) is 22.3 Å². The van der Waals surface area contributed by atoms with E-state index in [1.165, 1.54) is 19.3 Å². The summed E-state index contributed by atoms with van der Waals surface area (Å²) < 4.78 is 10.9. The van der Waals surface area contributed by atoms with Crippen molar-refractivity contribution in [3.63, 3.8) is 0 Å². The van der Waals surface area contributed by atoms with Gasteiger partial charge in [0.2, 0.25) is 0 Å². The third kappa shape index (κ3) is 3.46. The third-order valence-electron chi connectivity index (χ3n) is 4.21. The van der Waals surface area contributed by atoms with Crippen LogP contribution in [-0.2, 0) is 4.74 Å². The molecule has 0 spiro atoms. The Morgan fingerprint density at radius 1 is 1.20 bits per heavy atom. The molecule has 1 N–H and O–H groups in total. The second kappa shape index (κ2) is 7.30. The highest BCUT2D eigenvalue weighted by molar-refractivity contribution is 6.30. The summed E-state index contributed by atoms with van der Waals surface area (Å²) in [6.07, 6.45) is 5.01. The van der Waals surface area contributed by atoms with Crippen molar-refractivity contribution in [2.45, 2.75) is 44.3 Å². The molecule has 0 saturated heterocycles. The predicted octanol–water partition coefficient (Wildman–Crippen LogP) is 3.98. The van der Waals surface area contributed by atoms with Crippen LogP contribution < -0.4 is 4.74 Å². The molecule has 0 amide bonds. The van der Waals surface area contributed by atoms with Gasteiger partial charge >= 0.3 is 0 Å². The smallest absolute Gasteiger partial charge is 0.124 e. The van der Waals surface area contributed by atoms with Crippen LogP contribution >= 0.6 is 11.6 Å². The normalized spacial score (nSPS) is 19.6. The van der Waals surface area contributed by atoms with Gasteiger partial charge in [-0.15, -0.1) is 0 Å². The highest BCUT2D eigenvalue weighted by Crippen LogP contribution is 2.37. The minimum Gasteiger partial charge on any atom is -0.496 e. The van der Waals surface area contributed by atoms with Crippen LogP contribution in [0.5, 0.6) is 5.75 Å². The molecule has 1 aliphatic rings. The molecule has 1 aromatic rings. The lowest BCUT2D eigenvalue weighted by atomic mass is 9.81. The summed E-state index contributed by atoms with van der Waals surface area (Å²) >= 11 is 6.04. The number of aliphatic hydroxyl groups is 1. The van der Waals surface area contributed by atoms with Gasteiger partial charge in [-0.25, -0.2) is 0 Å². The Hall–Kier alpha value is -0.770. The Bertz CT molecular complexity index is 430. The molecule has 0 bridgehead atoms. The van der Waals surface area contributed by atoms with Crippen molar-refractivity contribution in [3.8, 4) is 5.75 Å². The van der Waals surface area contributed by atoms with E-state index < -0.39 is 6.10 Å². The fourth-order valence-corrected chi connectivity index (χ4v) is 3.34. The van der Waals surface area contributed by atoms with Crippen molar-refractivity contribution in [1.29, 1.82) is 0 Å². The van der Waals surface area contributed by atoms with E-state index >= 15 is 0 Å². The molecule has 1 fully saturated rings. The van der Waals surface area contributed by atoms with Gasteiger partial charge in [0.15, 0.2) is 0 Å². The van der Waals surface area contributed by atoms with Crippen molar-refractivity contribution in [2.24, 2.45) is 5.92 Å².